The van der Waals surface area contributed by atoms with Crippen molar-refractivity contribution < 1.29 is 5.11 Å². The Hall–Kier alpha value is -2.58. The molecule has 0 spiro atoms. The second kappa shape index (κ2) is 5.00. The molecule has 0 aromatic heterocycles. The van der Waals surface area contributed by atoms with Gasteiger partial charge in [-0.2, -0.15) is 0 Å². The van der Waals surface area contributed by atoms with Gasteiger partial charge >= 0.3 is 0 Å². The molecule has 0 fully saturated rings. The predicted molar refractivity (Wildman–Crippen MR) is 89.6 cm³/mol. The molecule has 0 heterocycles. The Balaban J connectivity index is 1.71. The molecule has 108 valence electrons. The van der Waals surface area contributed by atoms with Crippen LogP contribution in [0.3, 0.4) is 0 Å². The molecule has 0 saturated heterocycles. The molecule has 22 heavy (non-hydrogen) atoms. The van der Waals surface area contributed by atoms with Crippen molar-refractivity contribution in [2.24, 2.45) is 0 Å². The highest BCUT2D eigenvalue weighted by Gasteiger charge is 2.20. The minimum absolute atomic E-state index is 0.616. The zero-order valence-electron chi connectivity index (χ0n) is 12.2. The average Bonchev–Trinajstić information content (AvgIpc) is 2.92. The molecule has 3 N–H and O–H groups in total. The van der Waals surface area contributed by atoms with Crippen molar-refractivity contribution in [3.8, 4) is 11.1 Å². The lowest BCUT2D eigenvalue weighted by Crippen LogP contribution is -2.00. The summed E-state index contributed by atoms with van der Waals surface area (Å²) in [5.74, 6) is 0. The Morgan fingerprint density at radius 3 is 2.27 bits per heavy atom. The summed E-state index contributed by atoms with van der Waals surface area (Å²) >= 11 is 0. The molecule has 3 aromatic rings. The Morgan fingerprint density at radius 2 is 1.45 bits per heavy atom. The summed E-state index contributed by atoms with van der Waals surface area (Å²) < 4.78 is 0. The van der Waals surface area contributed by atoms with E-state index < -0.39 is 6.10 Å². The predicted octanol–water partition coefficient (Wildman–Crippen LogP) is 3.92. The number of anilines is 1. The van der Waals surface area contributed by atoms with Crippen LogP contribution in [0.2, 0.25) is 0 Å². The first-order valence-electron chi connectivity index (χ1n) is 7.47. The van der Waals surface area contributed by atoms with E-state index in [0.29, 0.717) is 5.69 Å². The summed E-state index contributed by atoms with van der Waals surface area (Å²) in [6.45, 7) is 0. The molecule has 1 unspecified atom stereocenters. The first-order valence-corrected chi connectivity index (χ1v) is 7.47. The topological polar surface area (TPSA) is 46.2 Å². The summed E-state index contributed by atoms with van der Waals surface area (Å²) in [6.07, 6.45) is 0.322. The van der Waals surface area contributed by atoms with E-state index in [4.69, 9.17) is 5.73 Å². The standard InChI is InChI=1S/C20H17NO/c21-17-8-5-13(6-9-17)20(22)15-7-10-19-16(12-15)11-14-3-1-2-4-18(14)19/h1-10,12,20,22H,11,21H2. The molecule has 1 aliphatic rings. The first kappa shape index (κ1) is 13.1. The Bertz CT molecular complexity index is 837. The van der Waals surface area contributed by atoms with Crippen LogP contribution in [-0.2, 0) is 6.42 Å². The minimum Gasteiger partial charge on any atom is -0.399 e. The Kier molecular flexibility index (Phi) is 2.98. The molecule has 0 amide bonds. The minimum atomic E-state index is -0.616. The summed E-state index contributed by atoms with van der Waals surface area (Å²) in [5, 5.41) is 10.6. The molecular weight excluding hydrogens is 270 g/mol. The smallest absolute Gasteiger partial charge is 0.104 e. The number of aliphatic hydroxyl groups excluding tert-OH is 1. The molecule has 2 heteroatoms. The molecule has 1 atom stereocenters. The zero-order valence-corrected chi connectivity index (χ0v) is 12.2. The van der Waals surface area contributed by atoms with E-state index in [2.05, 4.69) is 36.4 Å². The van der Waals surface area contributed by atoms with Crippen LogP contribution >= 0.6 is 0 Å². The van der Waals surface area contributed by atoms with Crippen LogP contribution in [0, 0.1) is 0 Å². The molecule has 2 nitrogen and oxygen atoms in total. The van der Waals surface area contributed by atoms with E-state index in [-0.39, 0.29) is 0 Å². The highest BCUT2D eigenvalue weighted by atomic mass is 16.3. The second-order valence-corrected chi connectivity index (χ2v) is 5.82. The molecular formula is C20H17NO. The van der Waals surface area contributed by atoms with Gasteiger partial charge in [0.2, 0.25) is 0 Å². The molecule has 4 rings (SSSR count). The molecule has 3 aromatic carbocycles. The van der Waals surface area contributed by atoms with Gasteiger partial charge in [-0.1, -0.05) is 54.6 Å². The normalized spacial score (nSPS) is 13.5. The second-order valence-electron chi connectivity index (χ2n) is 5.82. The quantitative estimate of drug-likeness (QED) is 0.549. The maximum absolute atomic E-state index is 10.6. The number of fused-ring (bicyclic) bond motifs is 3. The van der Waals surface area contributed by atoms with Gasteiger partial charge in [-0.05, 0) is 51.9 Å². The lowest BCUT2D eigenvalue weighted by atomic mass is 9.97. The van der Waals surface area contributed by atoms with Crippen molar-refractivity contribution in [2.45, 2.75) is 12.5 Å². The van der Waals surface area contributed by atoms with E-state index >= 15 is 0 Å². The summed E-state index contributed by atoms with van der Waals surface area (Å²) in [5.41, 5.74) is 13.4. The number of nitrogen functional groups attached to an aromatic ring is 1. The van der Waals surface area contributed by atoms with E-state index in [9.17, 15) is 5.11 Å². The molecule has 0 aliphatic heterocycles. The van der Waals surface area contributed by atoms with Crippen LogP contribution in [0.5, 0.6) is 0 Å². The van der Waals surface area contributed by atoms with Crippen molar-refractivity contribution in [3.63, 3.8) is 0 Å². The number of hydrogen-bond donors (Lipinski definition) is 2. The molecule has 0 bridgehead atoms. The van der Waals surface area contributed by atoms with E-state index in [0.717, 1.165) is 17.5 Å². The van der Waals surface area contributed by atoms with Crippen molar-refractivity contribution in [2.75, 3.05) is 5.73 Å². The van der Waals surface area contributed by atoms with Gasteiger partial charge in [0.1, 0.15) is 6.10 Å². The average molecular weight is 287 g/mol. The van der Waals surface area contributed by atoms with Crippen LogP contribution in [0.15, 0.2) is 66.7 Å². The molecule has 1 aliphatic carbocycles. The SMILES string of the molecule is Nc1ccc(C(O)c2ccc3c(c2)Cc2ccccc2-3)cc1. The van der Waals surface area contributed by atoms with Crippen LogP contribution in [0.1, 0.15) is 28.4 Å². The first-order chi connectivity index (χ1) is 10.7. The fourth-order valence-electron chi connectivity index (χ4n) is 3.21. The molecule has 0 saturated carbocycles. The largest absolute Gasteiger partial charge is 0.399 e. The van der Waals surface area contributed by atoms with Gasteiger partial charge in [0, 0.05) is 5.69 Å². The van der Waals surface area contributed by atoms with E-state index in [1.165, 1.54) is 22.3 Å². The number of rotatable bonds is 2. The zero-order chi connectivity index (χ0) is 15.1. The third-order valence-electron chi connectivity index (χ3n) is 4.39. The van der Waals surface area contributed by atoms with Crippen LogP contribution in [-0.4, -0.2) is 5.11 Å². The van der Waals surface area contributed by atoms with Crippen LogP contribution in [0.4, 0.5) is 5.69 Å². The lowest BCUT2D eigenvalue weighted by Gasteiger charge is -2.13. The van der Waals surface area contributed by atoms with Gasteiger partial charge in [-0.3, -0.25) is 0 Å². The van der Waals surface area contributed by atoms with E-state index in [1.54, 1.807) is 0 Å². The maximum Gasteiger partial charge on any atom is 0.104 e. The van der Waals surface area contributed by atoms with Crippen molar-refractivity contribution in [1.29, 1.82) is 0 Å². The van der Waals surface area contributed by atoms with Crippen LogP contribution < -0.4 is 5.73 Å². The molecule has 0 radical (unpaired) electrons. The Morgan fingerprint density at radius 1 is 0.773 bits per heavy atom. The van der Waals surface area contributed by atoms with Gasteiger partial charge in [0.25, 0.3) is 0 Å². The van der Waals surface area contributed by atoms with Gasteiger partial charge in [-0.25, -0.2) is 0 Å². The fraction of sp³-hybridized carbons (Fsp3) is 0.100. The third kappa shape index (κ3) is 2.09. The van der Waals surface area contributed by atoms with Crippen molar-refractivity contribution >= 4 is 5.69 Å². The lowest BCUT2D eigenvalue weighted by molar-refractivity contribution is 0.220. The summed E-state index contributed by atoms with van der Waals surface area (Å²) in [7, 11) is 0. The van der Waals surface area contributed by atoms with Crippen molar-refractivity contribution in [1.82, 2.24) is 0 Å². The number of benzene rings is 3. The maximum atomic E-state index is 10.6. The van der Waals surface area contributed by atoms with E-state index in [1.807, 2.05) is 30.3 Å². The number of hydrogen-bond acceptors (Lipinski definition) is 2. The van der Waals surface area contributed by atoms with Crippen LogP contribution in [0.25, 0.3) is 11.1 Å². The van der Waals surface area contributed by atoms with Gasteiger partial charge < -0.3 is 10.8 Å². The van der Waals surface area contributed by atoms with Gasteiger partial charge in [0.15, 0.2) is 0 Å². The van der Waals surface area contributed by atoms with Gasteiger partial charge in [0.05, 0.1) is 0 Å². The third-order valence-corrected chi connectivity index (χ3v) is 4.39. The van der Waals surface area contributed by atoms with Gasteiger partial charge in [-0.15, -0.1) is 0 Å². The highest BCUT2D eigenvalue weighted by Crippen LogP contribution is 2.38. The monoisotopic (exact) mass is 287 g/mol. The fourth-order valence-corrected chi connectivity index (χ4v) is 3.21. The van der Waals surface area contributed by atoms with Crippen molar-refractivity contribution in [3.05, 3.63) is 89.0 Å². The Labute approximate surface area is 129 Å². The highest BCUT2D eigenvalue weighted by molar-refractivity contribution is 5.77. The number of aliphatic hydroxyl groups is 1. The number of nitrogens with two attached hydrogens (primary N) is 1. The summed E-state index contributed by atoms with van der Waals surface area (Å²) in [6, 6.07) is 22.1. The summed E-state index contributed by atoms with van der Waals surface area (Å²) in [4.78, 5) is 0.